The third-order valence-corrected chi connectivity index (χ3v) is 4.95. The molecule has 0 bridgehead atoms. The lowest BCUT2D eigenvalue weighted by Crippen LogP contribution is -2.48. The predicted molar refractivity (Wildman–Crippen MR) is 86.6 cm³/mol. The van der Waals surface area contributed by atoms with E-state index in [9.17, 15) is 9.90 Å². The van der Waals surface area contributed by atoms with E-state index >= 15 is 0 Å². The fourth-order valence-electron chi connectivity index (χ4n) is 2.90. The number of carbonyl (C=O) groups excluding carboxylic acids is 1. The van der Waals surface area contributed by atoms with Gasteiger partial charge in [0.25, 0.3) is 0 Å². The maximum atomic E-state index is 12.3. The molecule has 116 valence electrons. The number of hydrogen-bond donors (Lipinski definition) is 2. The molecule has 0 radical (unpaired) electrons. The van der Waals surface area contributed by atoms with Crippen molar-refractivity contribution in [3.63, 3.8) is 0 Å². The maximum absolute atomic E-state index is 12.3. The average molecular weight is 316 g/mol. The number of pyridine rings is 1. The first-order chi connectivity index (χ1) is 10.7. The number of aliphatic hydroxyl groups excluding tert-OH is 1. The number of thiophene rings is 1. The van der Waals surface area contributed by atoms with Crippen molar-refractivity contribution in [2.24, 2.45) is 5.92 Å². The minimum Gasteiger partial charge on any atom is -0.393 e. The molecule has 2 N–H and O–H groups in total. The molecule has 0 unspecified atom stereocenters. The van der Waals surface area contributed by atoms with Crippen molar-refractivity contribution >= 4 is 17.2 Å². The molecule has 0 aromatic carbocycles. The molecule has 1 fully saturated rings. The second kappa shape index (κ2) is 7.03. The van der Waals surface area contributed by atoms with Crippen molar-refractivity contribution in [1.29, 1.82) is 0 Å². The summed E-state index contributed by atoms with van der Waals surface area (Å²) in [5, 5.41) is 16.7. The molecule has 2 heterocycles. The van der Waals surface area contributed by atoms with Crippen LogP contribution in [0.3, 0.4) is 0 Å². The smallest absolute Gasteiger partial charge is 0.224 e. The van der Waals surface area contributed by atoms with Gasteiger partial charge in [-0.2, -0.15) is 11.3 Å². The topological polar surface area (TPSA) is 62.2 Å². The number of aliphatic hydroxyl groups is 1. The number of carbonyl (C=O) groups is 1. The molecular formula is C17H20N2O2S. The van der Waals surface area contributed by atoms with Crippen LogP contribution in [0.25, 0.3) is 0 Å². The highest BCUT2D eigenvalue weighted by molar-refractivity contribution is 7.07. The van der Waals surface area contributed by atoms with Crippen LogP contribution in [0, 0.1) is 5.92 Å². The molecule has 0 spiro atoms. The van der Waals surface area contributed by atoms with Gasteiger partial charge in [-0.3, -0.25) is 9.78 Å². The van der Waals surface area contributed by atoms with Gasteiger partial charge in [0.2, 0.25) is 5.91 Å². The van der Waals surface area contributed by atoms with Crippen molar-refractivity contribution in [3.8, 4) is 0 Å². The molecule has 1 amide bonds. The number of hydrogen-bond acceptors (Lipinski definition) is 4. The second-order valence-electron chi connectivity index (χ2n) is 5.93. The fourth-order valence-corrected chi connectivity index (χ4v) is 3.57. The van der Waals surface area contributed by atoms with Crippen LogP contribution >= 0.6 is 11.3 Å². The minimum atomic E-state index is -0.210. The van der Waals surface area contributed by atoms with Gasteiger partial charge in [0.15, 0.2) is 0 Å². The maximum Gasteiger partial charge on any atom is 0.224 e. The van der Waals surface area contributed by atoms with E-state index in [1.54, 1.807) is 23.7 Å². The monoisotopic (exact) mass is 316 g/mol. The lowest BCUT2D eigenvalue weighted by Gasteiger charge is -2.38. The number of amides is 1. The van der Waals surface area contributed by atoms with E-state index in [4.69, 9.17) is 0 Å². The van der Waals surface area contributed by atoms with E-state index < -0.39 is 0 Å². The lowest BCUT2D eigenvalue weighted by molar-refractivity contribution is -0.122. The summed E-state index contributed by atoms with van der Waals surface area (Å²) in [6.45, 7) is 0. The van der Waals surface area contributed by atoms with Gasteiger partial charge in [-0.25, -0.2) is 0 Å². The lowest BCUT2D eigenvalue weighted by atomic mass is 9.75. The van der Waals surface area contributed by atoms with E-state index in [-0.39, 0.29) is 18.1 Å². The zero-order valence-electron chi connectivity index (χ0n) is 12.3. The Balaban J connectivity index is 1.62. The summed E-state index contributed by atoms with van der Waals surface area (Å²) in [5.74, 6) is 0.411. The van der Waals surface area contributed by atoms with Crippen molar-refractivity contribution in [3.05, 3.63) is 52.5 Å². The summed E-state index contributed by atoms with van der Waals surface area (Å²) in [4.78, 5) is 16.3. The zero-order valence-corrected chi connectivity index (χ0v) is 13.1. The Morgan fingerprint density at radius 3 is 2.73 bits per heavy atom. The SMILES string of the molecule is O=C(Cc1ccsc1)N[C@H](Cc1ccncc1)C1CC(O)C1. The van der Waals surface area contributed by atoms with Crippen LogP contribution in [0.2, 0.25) is 0 Å². The third kappa shape index (κ3) is 3.93. The van der Waals surface area contributed by atoms with Gasteiger partial charge >= 0.3 is 0 Å². The van der Waals surface area contributed by atoms with E-state index in [0.717, 1.165) is 30.4 Å². The molecule has 3 rings (SSSR count). The highest BCUT2D eigenvalue weighted by atomic mass is 32.1. The highest BCUT2D eigenvalue weighted by Crippen LogP contribution is 2.31. The van der Waals surface area contributed by atoms with Crippen molar-refractivity contribution in [1.82, 2.24) is 10.3 Å². The van der Waals surface area contributed by atoms with Crippen LogP contribution in [-0.4, -0.2) is 28.1 Å². The molecule has 4 nitrogen and oxygen atoms in total. The summed E-state index contributed by atoms with van der Waals surface area (Å²) < 4.78 is 0. The van der Waals surface area contributed by atoms with Crippen LogP contribution in [0.15, 0.2) is 41.4 Å². The third-order valence-electron chi connectivity index (χ3n) is 4.21. The van der Waals surface area contributed by atoms with Crippen LogP contribution in [0.4, 0.5) is 0 Å². The van der Waals surface area contributed by atoms with Gasteiger partial charge in [0.05, 0.1) is 12.5 Å². The minimum absolute atomic E-state index is 0.0545. The first-order valence-electron chi connectivity index (χ1n) is 7.58. The molecule has 2 aromatic rings. The number of rotatable bonds is 6. The largest absolute Gasteiger partial charge is 0.393 e. The normalized spacial score (nSPS) is 21.9. The zero-order chi connectivity index (χ0) is 15.4. The summed E-state index contributed by atoms with van der Waals surface area (Å²) >= 11 is 1.61. The van der Waals surface area contributed by atoms with Crippen LogP contribution in [-0.2, 0) is 17.6 Å². The van der Waals surface area contributed by atoms with Gasteiger partial charge in [-0.15, -0.1) is 0 Å². The summed E-state index contributed by atoms with van der Waals surface area (Å²) in [5.41, 5.74) is 2.22. The Bertz CT molecular complexity index is 594. The first-order valence-corrected chi connectivity index (χ1v) is 8.52. The number of nitrogens with zero attached hydrogens (tertiary/aromatic N) is 1. The Hall–Kier alpha value is -1.72. The molecule has 0 saturated heterocycles. The average Bonchev–Trinajstić information content (AvgIpc) is 2.97. The van der Waals surface area contributed by atoms with Gasteiger partial charge < -0.3 is 10.4 Å². The van der Waals surface area contributed by atoms with Crippen molar-refractivity contribution < 1.29 is 9.90 Å². The molecule has 1 atom stereocenters. The molecule has 22 heavy (non-hydrogen) atoms. The predicted octanol–water partition coefficient (Wildman–Crippen LogP) is 2.18. The summed E-state index contributed by atoms with van der Waals surface area (Å²) in [6.07, 6.45) is 6.09. The molecule has 0 aliphatic heterocycles. The molecule has 5 heteroatoms. The second-order valence-corrected chi connectivity index (χ2v) is 6.71. The Morgan fingerprint density at radius 2 is 2.09 bits per heavy atom. The van der Waals surface area contributed by atoms with Gasteiger partial charge in [-0.05, 0) is 65.3 Å². The van der Waals surface area contributed by atoms with E-state index in [1.807, 2.05) is 29.0 Å². The van der Waals surface area contributed by atoms with Crippen molar-refractivity contribution in [2.75, 3.05) is 0 Å². The standard InChI is InChI=1S/C17H20N2O2S/c20-15-9-14(10-15)16(7-12-1-4-18-5-2-12)19-17(21)8-13-3-6-22-11-13/h1-6,11,14-16,20H,7-10H2,(H,19,21)/t14?,15?,16-/m1/s1. The molecule has 1 saturated carbocycles. The van der Waals surface area contributed by atoms with E-state index in [0.29, 0.717) is 12.3 Å². The summed E-state index contributed by atoms with van der Waals surface area (Å²) in [7, 11) is 0. The van der Waals surface area contributed by atoms with Crippen molar-refractivity contribution in [2.45, 2.75) is 37.8 Å². The van der Waals surface area contributed by atoms with Gasteiger partial charge in [-0.1, -0.05) is 0 Å². The Labute approximate surface area is 134 Å². The highest BCUT2D eigenvalue weighted by Gasteiger charge is 2.34. The van der Waals surface area contributed by atoms with Crippen LogP contribution in [0.5, 0.6) is 0 Å². The van der Waals surface area contributed by atoms with E-state index in [1.165, 1.54) is 0 Å². The Kier molecular flexibility index (Phi) is 4.85. The first kappa shape index (κ1) is 15.2. The quantitative estimate of drug-likeness (QED) is 0.859. The van der Waals surface area contributed by atoms with Crippen LogP contribution < -0.4 is 5.32 Å². The fraction of sp³-hybridized carbons (Fsp3) is 0.412. The van der Waals surface area contributed by atoms with Crippen LogP contribution in [0.1, 0.15) is 24.0 Å². The molecule has 2 aromatic heterocycles. The number of nitrogens with one attached hydrogen (secondary N) is 1. The Morgan fingerprint density at radius 1 is 1.32 bits per heavy atom. The summed E-state index contributed by atoms with van der Waals surface area (Å²) in [6, 6.07) is 6.02. The van der Waals surface area contributed by atoms with Gasteiger partial charge in [0.1, 0.15) is 0 Å². The molecular weight excluding hydrogens is 296 g/mol. The molecule has 1 aliphatic rings. The molecule has 1 aliphatic carbocycles. The van der Waals surface area contributed by atoms with Gasteiger partial charge in [0, 0.05) is 18.4 Å². The number of aromatic nitrogens is 1. The van der Waals surface area contributed by atoms with E-state index in [2.05, 4.69) is 10.3 Å².